The number of ether oxygens (including phenoxy) is 2. The summed E-state index contributed by atoms with van der Waals surface area (Å²) in [6.07, 6.45) is 1.24. The summed E-state index contributed by atoms with van der Waals surface area (Å²) < 4.78 is 23.3. The Balaban J connectivity index is 1.64. The van der Waals surface area contributed by atoms with Crippen LogP contribution in [0.5, 0.6) is 5.75 Å². The molecule has 2 rings (SSSR count). The second-order valence-electron chi connectivity index (χ2n) is 5.93. The molecule has 27 heavy (non-hydrogen) atoms. The minimum atomic E-state index is -0.435. The maximum atomic E-state index is 12.8. The summed E-state index contributed by atoms with van der Waals surface area (Å²) in [6, 6.07) is 13.6. The first-order valence-electron chi connectivity index (χ1n) is 8.96. The van der Waals surface area contributed by atoms with Gasteiger partial charge in [0.25, 0.3) is 5.91 Å². The van der Waals surface area contributed by atoms with Crippen LogP contribution in [-0.4, -0.2) is 31.6 Å². The van der Waals surface area contributed by atoms with Gasteiger partial charge in [-0.15, -0.1) is 0 Å². The minimum Gasteiger partial charge on any atom is -0.494 e. The van der Waals surface area contributed by atoms with Gasteiger partial charge >= 0.3 is 5.97 Å². The number of esters is 1. The van der Waals surface area contributed by atoms with Crippen LogP contribution in [-0.2, 0) is 27.2 Å². The van der Waals surface area contributed by atoms with Gasteiger partial charge in [0.15, 0.2) is 6.61 Å². The lowest BCUT2D eigenvalue weighted by Crippen LogP contribution is -2.30. The quantitative estimate of drug-likeness (QED) is 0.650. The van der Waals surface area contributed by atoms with Gasteiger partial charge in [0.2, 0.25) is 0 Å². The van der Waals surface area contributed by atoms with Gasteiger partial charge < -0.3 is 14.8 Å². The number of carbonyl (C=O) groups is 2. The molecule has 5 nitrogen and oxygen atoms in total. The average Bonchev–Trinajstić information content (AvgIpc) is 2.67. The van der Waals surface area contributed by atoms with Crippen LogP contribution in [0.3, 0.4) is 0 Å². The van der Waals surface area contributed by atoms with Gasteiger partial charge in [-0.25, -0.2) is 4.39 Å². The van der Waals surface area contributed by atoms with Gasteiger partial charge in [-0.3, -0.25) is 9.59 Å². The molecule has 1 amide bonds. The first-order chi connectivity index (χ1) is 13.1. The van der Waals surface area contributed by atoms with Crippen LogP contribution in [0.15, 0.2) is 48.5 Å². The molecule has 0 saturated heterocycles. The molecule has 144 valence electrons. The van der Waals surface area contributed by atoms with Crippen molar-refractivity contribution in [2.45, 2.75) is 26.2 Å². The molecule has 0 fully saturated rings. The van der Waals surface area contributed by atoms with Gasteiger partial charge in [0.05, 0.1) is 6.61 Å². The highest BCUT2D eigenvalue weighted by Crippen LogP contribution is 2.19. The lowest BCUT2D eigenvalue weighted by atomic mass is 10.1. The van der Waals surface area contributed by atoms with E-state index in [-0.39, 0.29) is 24.8 Å². The molecule has 0 aliphatic carbocycles. The fraction of sp³-hybridized carbons (Fsp3) is 0.333. The minimum absolute atomic E-state index is 0.174. The van der Waals surface area contributed by atoms with E-state index in [1.54, 1.807) is 12.1 Å². The average molecular weight is 373 g/mol. The lowest BCUT2D eigenvalue weighted by Gasteiger charge is -2.10. The Morgan fingerprint density at radius 2 is 1.78 bits per heavy atom. The second-order valence-corrected chi connectivity index (χ2v) is 5.93. The van der Waals surface area contributed by atoms with Crippen molar-refractivity contribution in [3.63, 3.8) is 0 Å². The third-order valence-electron chi connectivity index (χ3n) is 3.88. The number of halogens is 1. The predicted octanol–water partition coefficient (Wildman–Crippen LogP) is 3.06. The second kappa shape index (κ2) is 11.0. The Hall–Kier alpha value is -2.89. The normalized spacial score (nSPS) is 10.3. The van der Waals surface area contributed by atoms with Crippen LogP contribution in [0.1, 0.15) is 24.5 Å². The number of benzene rings is 2. The van der Waals surface area contributed by atoms with Gasteiger partial charge in [0.1, 0.15) is 11.6 Å². The van der Waals surface area contributed by atoms with Crippen LogP contribution >= 0.6 is 0 Å². The molecule has 0 aliphatic rings. The van der Waals surface area contributed by atoms with E-state index in [4.69, 9.17) is 9.47 Å². The van der Waals surface area contributed by atoms with Crippen LogP contribution in [0.4, 0.5) is 4.39 Å². The molecule has 0 saturated carbocycles. The van der Waals surface area contributed by atoms with Crippen molar-refractivity contribution in [1.82, 2.24) is 5.32 Å². The van der Waals surface area contributed by atoms with Crippen molar-refractivity contribution in [3.05, 3.63) is 65.5 Å². The van der Waals surface area contributed by atoms with E-state index in [9.17, 15) is 14.0 Å². The van der Waals surface area contributed by atoms with E-state index in [2.05, 4.69) is 5.32 Å². The van der Waals surface area contributed by atoms with E-state index in [0.717, 1.165) is 16.9 Å². The van der Waals surface area contributed by atoms with Crippen LogP contribution in [0, 0.1) is 5.82 Å². The fourth-order valence-corrected chi connectivity index (χ4v) is 2.51. The summed E-state index contributed by atoms with van der Waals surface area (Å²) in [5.74, 6) is -0.333. The number of nitrogens with one attached hydrogen (secondary N) is 1. The van der Waals surface area contributed by atoms with Gasteiger partial charge in [-0.1, -0.05) is 30.3 Å². The molecule has 0 aliphatic heterocycles. The first kappa shape index (κ1) is 20.4. The SMILES string of the molecule is CCOc1ccccc1CCC(=O)OCC(=O)NCCc1ccc(F)cc1. The number of amides is 1. The Bertz CT molecular complexity index is 746. The van der Waals surface area contributed by atoms with E-state index in [1.807, 2.05) is 31.2 Å². The third kappa shape index (κ3) is 7.48. The predicted molar refractivity (Wildman–Crippen MR) is 100 cm³/mol. The molecule has 6 heteroatoms. The van der Waals surface area contributed by atoms with E-state index < -0.39 is 5.97 Å². The number of para-hydroxylation sites is 1. The zero-order valence-corrected chi connectivity index (χ0v) is 15.4. The molecular formula is C21H24FNO4. The third-order valence-corrected chi connectivity index (χ3v) is 3.88. The van der Waals surface area contributed by atoms with Crippen molar-refractivity contribution >= 4 is 11.9 Å². The van der Waals surface area contributed by atoms with Gasteiger partial charge in [-0.05, 0) is 49.1 Å². The standard InChI is InChI=1S/C21H24FNO4/c1-2-26-19-6-4-3-5-17(19)9-12-21(25)27-15-20(24)23-14-13-16-7-10-18(22)11-8-16/h3-8,10-11H,2,9,12-15H2,1H3,(H,23,24). The summed E-state index contributed by atoms with van der Waals surface area (Å²) in [5.41, 5.74) is 1.85. The summed E-state index contributed by atoms with van der Waals surface area (Å²) in [6.45, 7) is 2.54. The molecule has 2 aromatic carbocycles. The van der Waals surface area contributed by atoms with Crippen LogP contribution < -0.4 is 10.1 Å². The molecule has 1 N–H and O–H groups in total. The molecule has 0 atom stereocenters. The number of rotatable bonds is 10. The smallest absolute Gasteiger partial charge is 0.306 e. The number of hydrogen-bond acceptors (Lipinski definition) is 4. The lowest BCUT2D eigenvalue weighted by molar-refractivity contribution is -0.148. The first-order valence-corrected chi connectivity index (χ1v) is 8.96. The highest BCUT2D eigenvalue weighted by atomic mass is 19.1. The summed E-state index contributed by atoms with van der Waals surface area (Å²) >= 11 is 0. The molecule has 0 bridgehead atoms. The molecular weight excluding hydrogens is 349 g/mol. The molecule has 0 aromatic heterocycles. The maximum Gasteiger partial charge on any atom is 0.306 e. The molecule has 0 radical (unpaired) electrons. The number of hydrogen-bond donors (Lipinski definition) is 1. The Morgan fingerprint density at radius 1 is 1.04 bits per heavy atom. The van der Waals surface area contributed by atoms with Gasteiger partial charge in [0, 0.05) is 13.0 Å². The summed E-state index contributed by atoms with van der Waals surface area (Å²) in [7, 11) is 0. The van der Waals surface area contributed by atoms with Gasteiger partial charge in [-0.2, -0.15) is 0 Å². The highest BCUT2D eigenvalue weighted by Gasteiger charge is 2.10. The summed E-state index contributed by atoms with van der Waals surface area (Å²) in [4.78, 5) is 23.6. The molecule has 2 aromatic rings. The van der Waals surface area contributed by atoms with Crippen molar-refractivity contribution in [2.24, 2.45) is 0 Å². The Kier molecular flexibility index (Phi) is 8.29. The highest BCUT2D eigenvalue weighted by molar-refractivity contribution is 5.80. The monoisotopic (exact) mass is 373 g/mol. The van der Waals surface area contributed by atoms with Crippen molar-refractivity contribution < 1.29 is 23.5 Å². The van der Waals surface area contributed by atoms with E-state index in [0.29, 0.717) is 26.0 Å². The van der Waals surface area contributed by atoms with Crippen molar-refractivity contribution in [3.8, 4) is 5.75 Å². The largest absolute Gasteiger partial charge is 0.494 e. The zero-order chi connectivity index (χ0) is 19.5. The van der Waals surface area contributed by atoms with Crippen LogP contribution in [0.25, 0.3) is 0 Å². The van der Waals surface area contributed by atoms with E-state index >= 15 is 0 Å². The topological polar surface area (TPSA) is 64.6 Å². The zero-order valence-electron chi connectivity index (χ0n) is 15.4. The fourth-order valence-electron chi connectivity index (χ4n) is 2.51. The maximum absolute atomic E-state index is 12.8. The Labute approximate surface area is 158 Å². The van der Waals surface area contributed by atoms with Crippen molar-refractivity contribution in [1.29, 1.82) is 0 Å². The summed E-state index contributed by atoms with van der Waals surface area (Å²) in [5, 5.41) is 2.67. The van der Waals surface area contributed by atoms with Crippen LogP contribution in [0.2, 0.25) is 0 Å². The Morgan fingerprint density at radius 3 is 2.52 bits per heavy atom. The molecule has 0 heterocycles. The molecule has 0 unspecified atom stereocenters. The van der Waals surface area contributed by atoms with Crippen molar-refractivity contribution in [2.75, 3.05) is 19.8 Å². The molecule has 0 spiro atoms. The number of carbonyl (C=O) groups excluding carboxylic acids is 2. The number of aryl methyl sites for hydroxylation is 1. The van der Waals surface area contributed by atoms with E-state index in [1.165, 1.54) is 12.1 Å².